The van der Waals surface area contributed by atoms with Gasteiger partial charge in [0, 0.05) is 12.1 Å². The number of carbonyl (C=O) groups is 1. The van der Waals surface area contributed by atoms with Gasteiger partial charge in [-0.15, -0.1) is 0 Å². The lowest BCUT2D eigenvalue weighted by Crippen LogP contribution is -2.37. The number of rotatable bonds is 5. The fourth-order valence-electron chi connectivity index (χ4n) is 1.91. The van der Waals surface area contributed by atoms with Gasteiger partial charge in [-0.2, -0.15) is 0 Å². The van der Waals surface area contributed by atoms with Crippen molar-refractivity contribution in [3.63, 3.8) is 0 Å². The van der Waals surface area contributed by atoms with Crippen LogP contribution in [0.25, 0.3) is 0 Å². The number of amides is 1. The number of nitrogens with one attached hydrogen (secondary N) is 1. The molecule has 1 unspecified atom stereocenters. The third-order valence-corrected chi connectivity index (χ3v) is 3.37. The van der Waals surface area contributed by atoms with Crippen molar-refractivity contribution in [2.75, 3.05) is 5.32 Å². The van der Waals surface area contributed by atoms with Gasteiger partial charge in [0.05, 0.1) is 21.7 Å². The Kier molecular flexibility index (Phi) is 11.6. The van der Waals surface area contributed by atoms with Crippen LogP contribution in [0.3, 0.4) is 0 Å². The standard InChI is InChI=1S/C15H14ClN3O3.2C2H6/c16-12-9-11(19(21)22)6-7-14(12)18-15(20)13(17)8-10-4-2-1-3-5-10;2*1-2/h1-7,9,13H,8,17H2,(H,18,20);2*1-2H3. The number of halogens is 1. The van der Waals surface area contributed by atoms with Crippen molar-refractivity contribution in [3.8, 4) is 0 Å². The van der Waals surface area contributed by atoms with Gasteiger partial charge in [-0.05, 0) is 18.1 Å². The summed E-state index contributed by atoms with van der Waals surface area (Å²) in [5.74, 6) is -0.403. The van der Waals surface area contributed by atoms with Gasteiger partial charge in [0.1, 0.15) is 0 Å². The molecule has 0 fully saturated rings. The van der Waals surface area contributed by atoms with Gasteiger partial charge in [-0.25, -0.2) is 0 Å². The second kappa shape index (κ2) is 12.9. The number of anilines is 1. The Labute approximate surface area is 159 Å². The van der Waals surface area contributed by atoms with Crippen LogP contribution in [0.4, 0.5) is 11.4 Å². The van der Waals surface area contributed by atoms with E-state index in [-0.39, 0.29) is 10.7 Å². The molecular formula is C19H26ClN3O3. The van der Waals surface area contributed by atoms with Crippen LogP contribution in [-0.4, -0.2) is 16.9 Å². The third kappa shape index (κ3) is 7.63. The van der Waals surface area contributed by atoms with E-state index in [2.05, 4.69) is 5.32 Å². The van der Waals surface area contributed by atoms with Gasteiger partial charge in [0.25, 0.3) is 5.69 Å². The lowest BCUT2D eigenvalue weighted by Gasteiger charge is -2.13. The van der Waals surface area contributed by atoms with E-state index in [0.29, 0.717) is 12.1 Å². The van der Waals surface area contributed by atoms with Crippen molar-refractivity contribution >= 4 is 28.9 Å². The van der Waals surface area contributed by atoms with Gasteiger partial charge in [-0.1, -0.05) is 69.6 Å². The Bertz CT molecular complexity index is 694. The molecule has 2 rings (SSSR count). The van der Waals surface area contributed by atoms with Gasteiger partial charge < -0.3 is 11.1 Å². The highest BCUT2D eigenvalue weighted by atomic mass is 35.5. The number of nitro benzene ring substituents is 1. The van der Waals surface area contributed by atoms with Crippen LogP contribution in [0.2, 0.25) is 5.02 Å². The zero-order valence-electron chi connectivity index (χ0n) is 15.5. The minimum Gasteiger partial charge on any atom is -0.323 e. The van der Waals surface area contributed by atoms with Crippen LogP contribution in [0.15, 0.2) is 48.5 Å². The molecule has 0 aliphatic rings. The number of non-ortho nitro benzene ring substituents is 1. The van der Waals surface area contributed by atoms with Gasteiger partial charge >= 0.3 is 0 Å². The Morgan fingerprint density at radius 1 is 1.15 bits per heavy atom. The number of nitrogens with zero attached hydrogens (tertiary/aromatic N) is 1. The largest absolute Gasteiger partial charge is 0.323 e. The maximum atomic E-state index is 12.1. The molecule has 7 heteroatoms. The van der Waals surface area contributed by atoms with E-state index < -0.39 is 16.9 Å². The number of carbonyl (C=O) groups excluding carboxylic acids is 1. The maximum absolute atomic E-state index is 12.1. The molecule has 0 aromatic heterocycles. The topological polar surface area (TPSA) is 98.3 Å². The van der Waals surface area contributed by atoms with Crippen molar-refractivity contribution in [1.82, 2.24) is 0 Å². The van der Waals surface area contributed by atoms with Gasteiger partial charge in [0.15, 0.2) is 0 Å². The Balaban J connectivity index is 0.00000146. The fourth-order valence-corrected chi connectivity index (χ4v) is 2.13. The average Bonchev–Trinajstić information content (AvgIpc) is 2.67. The molecule has 2 aromatic rings. The Morgan fingerprint density at radius 2 is 1.73 bits per heavy atom. The lowest BCUT2D eigenvalue weighted by atomic mass is 10.1. The summed E-state index contributed by atoms with van der Waals surface area (Å²) in [6.45, 7) is 8.00. The first-order chi connectivity index (χ1) is 12.5. The number of nitro groups is 1. The Morgan fingerprint density at radius 3 is 2.23 bits per heavy atom. The SMILES string of the molecule is CC.CC.NC(Cc1ccccc1)C(=O)Nc1ccc([N+](=O)[O-])cc1Cl. The van der Waals surface area contributed by atoms with E-state index in [1.54, 1.807) is 0 Å². The molecule has 0 saturated heterocycles. The van der Waals surface area contributed by atoms with Gasteiger partial charge in [0.2, 0.25) is 5.91 Å². The molecule has 1 atom stereocenters. The molecule has 0 aliphatic carbocycles. The predicted molar refractivity (Wildman–Crippen MR) is 108 cm³/mol. The summed E-state index contributed by atoms with van der Waals surface area (Å²) >= 11 is 5.92. The molecule has 0 bridgehead atoms. The summed E-state index contributed by atoms with van der Waals surface area (Å²) in [5.41, 5.74) is 6.96. The predicted octanol–water partition coefficient (Wildman–Crippen LogP) is 4.81. The second-order valence-electron chi connectivity index (χ2n) is 4.71. The zero-order valence-corrected chi connectivity index (χ0v) is 16.3. The molecule has 142 valence electrons. The highest BCUT2D eigenvalue weighted by molar-refractivity contribution is 6.34. The number of nitrogens with two attached hydrogens (primary N) is 1. The molecule has 1 amide bonds. The monoisotopic (exact) mass is 379 g/mol. The molecule has 3 N–H and O–H groups in total. The first kappa shape index (κ1) is 23.6. The third-order valence-electron chi connectivity index (χ3n) is 3.06. The second-order valence-corrected chi connectivity index (χ2v) is 5.11. The smallest absolute Gasteiger partial charge is 0.271 e. The first-order valence-corrected chi connectivity index (χ1v) is 8.89. The summed E-state index contributed by atoms with van der Waals surface area (Å²) in [4.78, 5) is 22.1. The molecule has 6 nitrogen and oxygen atoms in total. The zero-order chi connectivity index (χ0) is 20.1. The highest BCUT2D eigenvalue weighted by Gasteiger charge is 2.17. The number of hydrogen-bond acceptors (Lipinski definition) is 4. The van der Waals surface area contributed by atoms with E-state index in [1.807, 2.05) is 58.0 Å². The summed E-state index contributed by atoms with van der Waals surface area (Å²) in [6, 6.07) is 12.5. The molecule has 0 heterocycles. The molecular weight excluding hydrogens is 354 g/mol. The fraction of sp³-hybridized carbons (Fsp3) is 0.316. The first-order valence-electron chi connectivity index (χ1n) is 8.51. The highest BCUT2D eigenvalue weighted by Crippen LogP contribution is 2.26. The van der Waals surface area contributed by atoms with E-state index in [1.165, 1.54) is 18.2 Å². The number of hydrogen-bond donors (Lipinski definition) is 2. The molecule has 0 spiro atoms. The lowest BCUT2D eigenvalue weighted by molar-refractivity contribution is -0.384. The van der Waals surface area contributed by atoms with Crippen LogP contribution in [0, 0.1) is 10.1 Å². The van der Waals surface area contributed by atoms with Crippen molar-refractivity contribution in [2.24, 2.45) is 5.73 Å². The Hall–Kier alpha value is -2.44. The van der Waals surface area contributed by atoms with Crippen LogP contribution < -0.4 is 11.1 Å². The summed E-state index contributed by atoms with van der Waals surface area (Å²) in [6.07, 6.45) is 0.386. The van der Waals surface area contributed by atoms with Crippen LogP contribution in [-0.2, 0) is 11.2 Å². The minimum absolute atomic E-state index is 0.0921. The molecule has 0 saturated carbocycles. The quantitative estimate of drug-likeness (QED) is 0.575. The summed E-state index contributed by atoms with van der Waals surface area (Å²) in [7, 11) is 0. The van der Waals surface area contributed by atoms with Crippen LogP contribution in [0.5, 0.6) is 0 Å². The van der Waals surface area contributed by atoms with E-state index in [0.717, 1.165) is 5.56 Å². The van der Waals surface area contributed by atoms with E-state index in [4.69, 9.17) is 17.3 Å². The molecule has 26 heavy (non-hydrogen) atoms. The van der Waals surface area contributed by atoms with E-state index >= 15 is 0 Å². The maximum Gasteiger partial charge on any atom is 0.271 e. The summed E-state index contributed by atoms with van der Waals surface area (Å²) in [5, 5.41) is 13.3. The molecule has 2 aromatic carbocycles. The normalized spacial score (nSPS) is 10.4. The molecule has 0 radical (unpaired) electrons. The number of benzene rings is 2. The van der Waals surface area contributed by atoms with Crippen molar-refractivity contribution in [3.05, 3.63) is 69.2 Å². The van der Waals surface area contributed by atoms with Crippen LogP contribution >= 0.6 is 11.6 Å². The average molecular weight is 380 g/mol. The minimum atomic E-state index is -0.742. The summed E-state index contributed by atoms with van der Waals surface area (Å²) < 4.78 is 0. The van der Waals surface area contributed by atoms with E-state index in [9.17, 15) is 14.9 Å². The van der Waals surface area contributed by atoms with Crippen molar-refractivity contribution < 1.29 is 9.72 Å². The van der Waals surface area contributed by atoms with Gasteiger partial charge in [-0.3, -0.25) is 14.9 Å². The molecule has 0 aliphatic heterocycles. The van der Waals surface area contributed by atoms with Crippen molar-refractivity contribution in [2.45, 2.75) is 40.2 Å². The van der Waals surface area contributed by atoms with Crippen molar-refractivity contribution in [1.29, 1.82) is 0 Å². The van der Waals surface area contributed by atoms with Crippen LogP contribution in [0.1, 0.15) is 33.3 Å².